The van der Waals surface area contributed by atoms with Crippen molar-refractivity contribution in [2.24, 2.45) is 0 Å². The van der Waals surface area contributed by atoms with Crippen LogP contribution in [0.4, 0.5) is 0 Å². The molecule has 0 spiro atoms. The van der Waals surface area contributed by atoms with Gasteiger partial charge >= 0.3 is 5.97 Å². The van der Waals surface area contributed by atoms with E-state index in [2.05, 4.69) is 65.0 Å². The molecule has 1 aromatic rings. The molecule has 1 aliphatic carbocycles. The fourth-order valence-electron chi connectivity index (χ4n) is 3.76. The van der Waals surface area contributed by atoms with Crippen molar-refractivity contribution in [3.63, 3.8) is 0 Å². The van der Waals surface area contributed by atoms with Crippen molar-refractivity contribution in [1.29, 1.82) is 0 Å². The lowest BCUT2D eigenvalue weighted by Crippen LogP contribution is -2.34. The molecule has 27 heavy (non-hydrogen) atoms. The highest BCUT2D eigenvalue weighted by Gasteiger charge is 2.29. The summed E-state index contributed by atoms with van der Waals surface area (Å²) < 4.78 is 0. The van der Waals surface area contributed by atoms with Crippen molar-refractivity contribution in [2.45, 2.75) is 38.3 Å². The summed E-state index contributed by atoms with van der Waals surface area (Å²) in [5.74, 6) is 0.0778. The number of nitrogens with zero attached hydrogens (tertiary/aromatic N) is 1. The summed E-state index contributed by atoms with van der Waals surface area (Å²) in [5.41, 5.74) is 2.63. The van der Waals surface area contributed by atoms with Gasteiger partial charge in [-0.1, -0.05) is 36.4 Å². The summed E-state index contributed by atoms with van der Waals surface area (Å²) in [6, 6.07) is 6.57. The minimum absolute atomic E-state index is 0.155. The molecule has 0 saturated heterocycles. The van der Waals surface area contributed by atoms with Crippen LogP contribution >= 0.6 is 11.8 Å². The highest BCUT2D eigenvalue weighted by atomic mass is 32.2. The third-order valence-electron chi connectivity index (χ3n) is 5.05. The average Bonchev–Trinajstić information content (AvgIpc) is 3.03. The molecule has 0 bridgehead atoms. The van der Waals surface area contributed by atoms with E-state index in [-0.39, 0.29) is 12.6 Å². The minimum Gasteiger partial charge on any atom is -0.481 e. The topological polar surface area (TPSA) is 52.6 Å². The highest BCUT2D eigenvalue weighted by Crippen LogP contribution is 2.32. The molecule has 4 nitrogen and oxygen atoms in total. The molecule has 0 radical (unpaired) electrons. The van der Waals surface area contributed by atoms with Crippen LogP contribution in [0.5, 0.6) is 0 Å². The number of thioether (sulfide) groups is 1. The first-order valence-corrected chi connectivity index (χ1v) is 10.5. The number of aliphatic carboxylic acids is 1. The Morgan fingerprint density at radius 2 is 2.15 bits per heavy atom. The van der Waals surface area contributed by atoms with Crippen LogP contribution < -0.4 is 15.8 Å². The number of nitrogens with one attached hydrogen (secondary N) is 1. The summed E-state index contributed by atoms with van der Waals surface area (Å²) in [4.78, 5) is 13.1. The second kappa shape index (κ2) is 8.09. The average molecular weight is 381 g/mol. The number of carbonyl (C=O) groups is 1. The number of fused-ring (bicyclic) bond motifs is 2. The molecule has 0 fully saturated rings. The molecule has 1 unspecified atom stereocenters. The Kier molecular flexibility index (Phi) is 5.39. The van der Waals surface area contributed by atoms with E-state index in [9.17, 15) is 4.79 Å². The molecule has 5 heteroatoms. The largest absolute Gasteiger partial charge is 0.481 e. The van der Waals surface area contributed by atoms with Gasteiger partial charge in [0.2, 0.25) is 0 Å². The second-order valence-electron chi connectivity index (χ2n) is 6.93. The summed E-state index contributed by atoms with van der Waals surface area (Å²) in [7, 11) is 0. The Balaban J connectivity index is 1.60. The van der Waals surface area contributed by atoms with Gasteiger partial charge in [0.05, 0.1) is 10.7 Å². The third-order valence-corrected chi connectivity index (χ3v) is 6.19. The third kappa shape index (κ3) is 3.98. The van der Waals surface area contributed by atoms with E-state index < -0.39 is 5.97 Å². The summed E-state index contributed by atoms with van der Waals surface area (Å²) in [6.07, 6.45) is 17.3. The van der Waals surface area contributed by atoms with E-state index >= 15 is 0 Å². The van der Waals surface area contributed by atoms with E-state index in [1.807, 2.05) is 0 Å². The van der Waals surface area contributed by atoms with Crippen LogP contribution in [0.3, 0.4) is 0 Å². The smallest absolute Gasteiger partial charge is 0.303 e. The lowest BCUT2D eigenvalue weighted by atomic mass is 10.00. The second-order valence-corrected chi connectivity index (χ2v) is 8.03. The standard InChI is InChI=1S/C22H24N2O2S/c25-21(26)12-6-14-27-22-19(24-13-4-3-11-20(24)23-22)15-17-9-5-8-16-7-1-2-10-18(16)17/h3-5,7-11,13,20,23H,1-2,6,12,14-15H2,(H,25,26). The van der Waals surface area contributed by atoms with Crippen LogP contribution in [-0.2, 0) is 11.2 Å². The first kappa shape index (κ1) is 18.0. The SMILES string of the molecule is O=C(O)CCCSC1=C(Cc2cccc3c2=CCCC=3)N2C=CC=CC2N1. The summed E-state index contributed by atoms with van der Waals surface area (Å²) in [6.45, 7) is 0. The van der Waals surface area contributed by atoms with Crippen molar-refractivity contribution < 1.29 is 9.90 Å². The number of rotatable bonds is 7. The zero-order valence-electron chi connectivity index (χ0n) is 15.2. The Morgan fingerprint density at radius 1 is 1.26 bits per heavy atom. The first-order valence-electron chi connectivity index (χ1n) is 9.48. The van der Waals surface area contributed by atoms with E-state index in [1.165, 1.54) is 26.7 Å². The molecule has 3 aliphatic rings. The summed E-state index contributed by atoms with van der Waals surface area (Å²) in [5, 5.41) is 16.3. The molecule has 2 N–H and O–H groups in total. The predicted molar refractivity (Wildman–Crippen MR) is 111 cm³/mol. The van der Waals surface area contributed by atoms with Gasteiger partial charge in [-0.2, -0.15) is 0 Å². The molecule has 1 atom stereocenters. The molecular weight excluding hydrogens is 356 g/mol. The minimum atomic E-state index is -0.727. The Hall–Kier alpha value is -2.40. The quantitative estimate of drug-likeness (QED) is 0.713. The van der Waals surface area contributed by atoms with Gasteiger partial charge in [-0.05, 0) is 47.4 Å². The van der Waals surface area contributed by atoms with Crippen LogP contribution in [0, 0.1) is 0 Å². The van der Waals surface area contributed by atoms with Crippen LogP contribution in [0.25, 0.3) is 12.2 Å². The Labute approximate surface area is 163 Å². The Morgan fingerprint density at radius 3 is 3.04 bits per heavy atom. The predicted octanol–water partition coefficient (Wildman–Crippen LogP) is 2.67. The van der Waals surface area contributed by atoms with Gasteiger partial charge in [-0.25, -0.2) is 0 Å². The van der Waals surface area contributed by atoms with Gasteiger partial charge in [0.1, 0.15) is 6.17 Å². The number of hydrogen-bond acceptors (Lipinski definition) is 4. The maximum Gasteiger partial charge on any atom is 0.303 e. The van der Waals surface area contributed by atoms with Crippen molar-refractivity contribution in [1.82, 2.24) is 10.2 Å². The molecule has 140 valence electrons. The van der Waals surface area contributed by atoms with E-state index in [1.54, 1.807) is 11.8 Å². The van der Waals surface area contributed by atoms with Gasteiger partial charge in [-0.15, -0.1) is 11.8 Å². The van der Waals surface area contributed by atoms with E-state index in [4.69, 9.17) is 5.11 Å². The van der Waals surface area contributed by atoms with Crippen LogP contribution in [0.2, 0.25) is 0 Å². The zero-order chi connectivity index (χ0) is 18.6. The van der Waals surface area contributed by atoms with Gasteiger partial charge in [0.25, 0.3) is 0 Å². The molecule has 0 aromatic heterocycles. The van der Waals surface area contributed by atoms with Crippen molar-refractivity contribution in [3.8, 4) is 0 Å². The number of carboxylic acids is 1. The summed E-state index contributed by atoms with van der Waals surface area (Å²) >= 11 is 1.73. The first-order chi connectivity index (χ1) is 13.2. The molecular formula is C22H24N2O2S. The zero-order valence-corrected chi connectivity index (χ0v) is 16.0. The van der Waals surface area contributed by atoms with Gasteiger partial charge in [0, 0.05) is 24.8 Å². The maximum atomic E-state index is 10.8. The van der Waals surface area contributed by atoms with Gasteiger partial charge in [0.15, 0.2) is 0 Å². The normalized spacial score (nSPS) is 19.9. The maximum absolute atomic E-state index is 10.8. The molecule has 2 aliphatic heterocycles. The molecule has 2 heterocycles. The molecule has 1 aromatic carbocycles. The monoisotopic (exact) mass is 380 g/mol. The van der Waals surface area contributed by atoms with Crippen LogP contribution in [0.1, 0.15) is 31.2 Å². The van der Waals surface area contributed by atoms with Crippen molar-refractivity contribution in [2.75, 3.05) is 5.75 Å². The van der Waals surface area contributed by atoms with Gasteiger partial charge < -0.3 is 15.3 Å². The van der Waals surface area contributed by atoms with E-state index in [0.29, 0.717) is 6.42 Å². The fraction of sp³-hybridized carbons (Fsp3) is 0.318. The molecule has 0 amide bonds. The Bertz CT molecular complexity index is 946. The van der Waals surface area contributed by atoms with Gasteiger partial charge in [-0.3, -0.25) is 4.79 Å². The van der Waals surface area contributed by atoms with Crippen molar-refractivity contribution >= 4 is 29.9 Å². The highest BCUT2D eigenvalue weighted by molar-refractivity contribution is 8.03. The van der Waals surface area contributed by atoms with E-state index in [0.717, 1.165) is 25.0 Å². The van der Waals surface area contributed by atoms with Crippen LogP contribution in [-0.4, -0.2) is 27.9 Å². The van der Waals surface area contributed by atoms with Crippen LogP contribution in [0.15, 0.2) is 53.4 Å². The number of benzene rings is 1. The molecule has 0 saturated carbocycles. The molecule has 4 rings (SSSR count). The lowest BCUT2D eigenvalue weighted by molar-refractivity contribution is -0.137. The number of hydrogen-bond donors (Lipinski definition) is 2. The number of carboxylic acid groups (broad SMARTS) is 1. The van der Waals surface area contributed by atoms with Crippen molar-refractivity contribution in [3.05, 3.63) is 69.4 Å². The lowest BCUT2D eigenvalue weighted by Gasteiger charge is -2.25. The fourth-order valence-corrected chi connectivity index (χ4v) is 4.80. The number of allylic oxidation sites excluding steroid dienone is 3.